The van der Waals surface area contributed by atoms with Gasteiger partial charge in [-0.1, -0.05) is 55.8 Å². The average molecular weight is 629 g/mol. The number of carboxylic acid groups (broad SMARTS) is 1. The lowest BCUT2D eigenvalue weighted by Crippen LogP contribution is -2.49. The van der Waals surface area contributed by atoms with Crippen LogP contribution >= 0.6 is 0 Å². The first-order valence-corrected chi connectivity index (χ1v) is 17.2. The minimum absolute atomic E-state index is 0.0317. The highest BCUT2D eigenvalue weighted by molar-refractivity contribution is 5.70. The fourth-order valence-electron chi connectivity index (χ4n) is 7.45. The van der Waals surface area contributed by atoms with Crippen molar-refractivity contribution in [1.29, 1.82) is 0 Å². The second-order valence-electron chi connectivity index (χ2n) is 14.2. The number of nitrogens with one attached hydrogen (secondary N) is 1. The van der Waals surface area contributed by atoms with Gasteiger partial charge in [-0.2, -0.15) is 0 Å². The van der Waals surface area contributed by atoms with Crippen molar-refractivity contribution in [2.45, 2.75) is 116 Å². The minimum Gasteiger partial charge on any atom is -0.481 e. The number of aryl methyl sites for hydroxylation is 2. The molecule has 2 aromatic carbocycles. The number of fused-ring (bicyclic) bond motifs is 3. The van der Waals surface area contributed by atoms with E-state index in [4.69, 9.17) is 9.72 Å². The highest BCUT2D eigenvalue weighted by Gasteiger charge is 2.36. The van der Waals surface area contributed by atoms with E-state index in [2.05, 4.69) is 59.0 Å². The molecule has 1 amide bonds. The van der Waals surface area contributed by atoms with Crippen LogP contribution in [0.4, 0.5) is 4.79 Å². The van der Waals surface area contributed by atoms with Gasteiger partial charge in [0.15, 0.2) is 0 Å². The summed E-state index contributed by atoms with van der Waals surface area (Å²) >= 11 is 0. The molecule has 0 bridgehead atoms. The topological polar surface area (TPSA) is 96.7 Å². The number of nitrogens with zero attached hydrogens (tertiary/aromatic N) is 3. The van der Waals surface area contributed by atoms with Crippen molar-refractivity contribution in [1.82, 2.24) is 19.8 Å². The molecule has 3 aromatic rings. The molecule has 1 aromatic heterocycles. The first-order chi connectivity index (χ1) is 22.0. The van der Waals surface area contributed by atoms with Crippen molar-refractivity contribution in [2.75, 3.05) is 13.1 Å². The number of imidazole rings is 1. The molecular weight excluding hydrogens is 576 g/mol. The zero-order valence-corrected chi connectivity index (χ0v) is 28.3. The van der Waals surface area contributed by atoms with Crippen LogP contribution in [0.15, 0.2) is 54.9 Å². The highest BCUT2D eigenvalue weighted by atomic mass is 16.6. The van der Waals surface area contributed by atoms with Crippen molar-refractivity contribution < 1.29 is 19.4 Å². The fourth-order valence-corrected chi connectivity index (χ4v) is 7.45. The monoisotopic (exact) mass is 628 g/mol. The number of benzene rings is 2. The normalized spacial score (nSPS) is 17.4. The summed E-state index contributed by atoms with van der Waals surface area (Å²) in [5.74, 6) is -1.49. The number of hydrogen-bond donors (Lipinski definition) is 2. The molecular formula is C38H52N4O4. The Morgan fingerprint density at radius 1 is 1.04 bits per heavy atom. The van der Waals surface area contributed by atoms with Gasteiger partial charge >= 0.3 is 12.1 Å². The number of ether oxygens (including phenoxy) is 1. The zero-order chi connectivity index (χ0) is 32.8. The van der Waals surface area contributed by atoms with Crippen molar-refractivity contribution in [3.63, 3.8) is 0 Å². The molecule has 248 valence electrons. The lowest BCUT2D eigenvalue weighted by molar-refractivity contribution is -0.142. The molecule has 8 nitrogen and oxygen atoms in total. The second kappa shape index (κ2) is 14.8. The van der Waals surface area contributed by atoms with Crippen LogP contribution in [0.5, 0.6) is 0 Å². The molecule has 0 aliphatic carbocycles. The molecule has 4 atom stereocenters. The maximum absolute atomic E-state index is 13.2. The molecule has 3 heterocycles. The van der Waals surface area contributed by atoms with Gasteiger partial charge < -0.3 is 19.7 Å². The van der Waals surface area contributed by atoms with E-state index < -0.39 is 23.6 Å². The van der Waals surface area contributed by atoms with Gasteiger partial charge in [0.05, 0.1) is 17.9 Å². The summed E-state index contributed by atoms with van der Waals surface area (Å²) in [6, 6.07) is 16.9. The first kappa shape index (κ1) is 33.7. The number of aromatic nitrogens is 2. The van der Waals surface area contributed by atoms with E-state index in [1.807, 2.05) is 45.3 Å². The van der Waals surface area contributed by atoms with E-state index in [1.165, 1.54) is 11.1 Å². The van der Waals surface area contributed by atoms with E-state index in [9.17, 15) is 14.7 Å². The van der Waals surface area contributed by atoms with E-state index in [1.54, 1.807) is 0 Å². The number of amides is 1. The van der Waals surface area contributed by atoms with Crippen LogP contribution in [-0.4, -0.2) is 62.4 Å². The van der Waals surface area contributed by atoms with Crippen molar-refractivity contribution in [3.05, 3.63) is 82.9 Å². The van der Waals surface area contributed by atoms with Crippen LogP contribution < -0.4 is 5.32 Å². The molecule has 5 rings (SSSR count). The third kappa shape index (κ3) is 8.19. The van der Waals surface area contributed by atoms with Crippen molar-refractivity contribution >= 4 is 12.1 Å². The molecule has 0 saturated carbocycles. The molecule has 8 heteroatoms. The lowest BCUT2D eigenvalue weighted by atomic mass is 9.81. The van der Waals surface area contributed by atoms with Gasteiger partial charge in [0, 0.05) is 35.8 Å². The Labute approximate surface area is 274 Å². The number of rotatable bonds is 13. The molecule has 2 aliphatic heterocycles. The third-order valence-corrected chi connectivity index (χ3v) is 9.70. The molecule has 0 radical (unpaired) electrons. The van der Waals surface area contributed by atoms with Crippen LogP contribution in [0.1, 0.15) is 101 Å². The van der Waals surface area contributed by atoms with Gasteiger partial charge in [-0.15, -0.1) is 0 Å². The van der Waals surface area contributed by atoms with Crippen LogP contribution in [0, 0.1) is 5.92 Å². The lowest BCUT2D eigenvalue weighted by Gasteiger charge is -2.38. The number of hydrogen-bond acceptors (Lipinski definition) is 5. The Hall–Kier alpha value is -3.65. The molecule has 1 saturated heterocycles. The van der Waals surface area contributed by atoms with Crippen molar-refractivity contribution in [3.8, 4) is 5.69 Å². The number of likely N-dealkylation sites (tertiary alicyclic amines) is 1. The Bertz CT molecular complexity index is 1470. The largest absolute Gasteiger partial charge is 0.481 e. The predicted molar refractivity (Wildman–Crippen MR) is 182 cm³/mol. The van der Waals surface area contributed by atoms with Crippen LogP contribution in [0.25, 0.3) is 5.69 Å². The molecule has 1 fully saturated rings. The summed E-state index contributed by atoms with van der Waals surface area (Å²) in [7, 11) is 0. The van der Waals surface area contributed by atoms with E-state index in [0.29, 0.717) is 19.3 Å². The van der Waals surface area contributed by atoms with Crippen molar-refractivity contribution in [2.24, 2.45) is 5.92 Å². The zero-order valence-electron chi connectivity index (χ0n) is 28.3. The third-order valence-electron chi connectivity index (χ3n) is 9.70. The molecule has 2 aliphatic rings. The van der Waals surface area contributed by atoms with Gasteiger partial charge in [-0.25, -0.2) is 9.78 Å². The Morgan fingerprint density at radius 2 is 1.78 bits per heavy atom. The summed E-state index contributed by atoms with van der Waals surface area (Å²) in [6.45, 7) is 12.1. The predicted octanol–water partition coefficient (Wildman–Crippen LogP) is 7.11. The van der Waals surface area contributed by atoms with Gasteiger partial charge in [0.2, 0.25) is 0 Å². The number of carboxylic acids is 1. The summed E-state index contributed by atoms with van der Waals surface area (Å²) in [4.78, 5) is 33.2. The quantitative estimate of drug-likeness (QED) is 0.210. The van der Waals surface area contributed by atoms with Gasteiger partial charge in [0.25, 0.3) is 0 Å². The summed E-state index contributed by atoms with van der Waals surface area (Å²) in [5.41, 5.74) is 6.30. The Morgan fingerprint density at radius 3 is 2.46 bits per heavy atom. The SMILES string of the molecule is CCCc1ccc2c(c1)CCc1c(C[C@H](CCC(NC(=O)OC(C)(C)C)C(c3ccccc3)C(C)N3CCCC3)C(=O)O)ncn1-2. The smallest absolute Gasteiger partial charge is 0.407 e. The van der Waals surface area contributed by atoms with Crippen LogP contribution in [0.2, 0.25) is 0 Å². The van der Waals surface area contributed by atoms with Gasteiger partial charge in [-0.3, -0.25) is 9.69 Å². The number of aliphatic carboxylic acids is 1. The number of carbonyl (C=O) groups is 2. The maximum Gasteiger partial charge on any atom is 0.407 e. The molecule has 3 unspecified atom stereocenters. The van der Waals surface area contributed by atoms with E-state index in [-0.39, 0.29) is 18.0 Å². The summed E-state index contributed by atoms with van der Waals surface area (Å²) in [6.07, 6.45) is 8.95. The van der Waals surface area contributed by atoms with Gasteiger partial charge in [0.1, 0.15) is 5.60 Å². The average Bonchev–Trinajstić information content (AvgIpc) is 3.69. The molecule has 2 N–H and O–H groups in total. The standard InChI is InChI=1S/C38H52N4O4/c1-6-12-27-15-19-33-29(23-27)17-20-34-32(39-25-42(33)34)24-30(36(43)44)16-18-31(40-37(45)46-38(3,4)5)35(28-13-8-7-9-14-28)26(2)41-21-10-11-22-41/h7-9,13-15,19,23,25-26,30-31,35H,6,10-12,16-18,20-22,24H2,1-5H3,(H,40,45)(H,43,44)/t26?,30-,31?,35?/m0/s1. The maximum atomic E-state index is 13.2. The van der Waals surface area contributed by atoms with Gasteiger partial charge in [-0.05, 0) is 108 Å². The van der Waals surface area contributed by atoms with Crippen LogP contribution in [-0.2, 0) is 35.2 Å². The van der Waals surface area contributed by atoms with E-state index in [0.717, 1.165) is 74.3 Å². The highest BCUT2D eigenvalue weighted by Crippen LogP contribution is 2.34. The Kier molecular flexibility index (Phi) is 10.9. The van der Waals surface area contributed by atoms with Crippen LogP contribution in [0.3, 0.4) is 0 Å². The number of alkyl carbamates (subject to hydrolysis) is 1. The summed E-state index contributed by atoms with van der Waals surface area (Å²) in [5, 5.41) is 13.6. The van der Waals surface area contributed by atoms with E-state index >= 15 is 0 Å². The Balaban J connectivity index is 1.38. The first-order valence-electron chi connectivity index (χ1n) is 17.2. The fraction of sp³-hybridized carbons (Fsp3) is 0.553. The second-order valence-corrected chi connectivity index (χ2v) is 14.2. The minimum atomic E-state index is -0.831. The molecule has 46 heavy (non-hydrogen) atoms. The summed E-state index contributed by atoms with van der Waals surface area (Å²) < 4.78 is 7.87. The molecule has 0 spiro atoms. The number of carbonyl (C=O) groups excluding carboxylic acids is 1.